The second kappa shape index (κ2) is 8.55. The molecule has 0 saturated carbocycles. The number of hydrogen-bond acceptors (Lipinski definition) is 4. The van der Waals surface area contributed by atoms with Crippen molar-refractivity contribution in [2.45, 2.75) is 18.9 Å². The summed E-state index contributed by atoms with van der Waals surface area (Å²) in [4.78, 5) is 28.0. The van der Waals surface area contributed by atoms with Crippen LogP contribution in [0.3, 0.4) is 0 Å². The van der Waals surface area contributed by atoms with E-state index in [2.05, 4.69) is 10.3 Å². The third kappa shape index (κ3) is 5.21. The van der Waals surface area contributed by atoms with Crippen molar-refractivity contribution in [1.29, 1.82) is 0 Å². The summed E-state index contributed by atoms with van der Waals surface area (Å²) in [6.07, 6.45) is 0.165. The average molecular weight is 384 g/mol. The topological polar surface area (TPSA) is 79.3 Å². The van der Waals surface area contributed by atoms with Crippen molar-refractivity contribution in [3.63, 3.8) is 0 Å². The summed E-state index contributed by atoms with van der Waals surface area (Å²) in [6.45, 7) is 0. The van der Waals surface area contributed by atoms with Crippen molar-refractivity contribution >= 4 is 23.2 Å². The Hall–Kier alpha value is -3.06. The Bertz CT molecular complexity index is 943. The van der Waals surface area contributed by atoms with Crippen molar-refractivity contribution < 1.29 is 19.1 Å². The van der Waals surface area contributed by atoms with E-state index in [-0.39, 0.29) is 18.7 Å². The number of nitrogens with zero attached hydrogens (tertiary/aromatic N) is 1. The van der Waals surface area contributed by atoms with E-state index in [1.165, 1.54) is 23.5 Å². The maximum Gasteiger partial charge on any atom is 0.326 e. The lowest BCUT2D eigenvalue weighted by molar-refractivity contribution is -0.141. The maximum absolute atomic E-state index is 13.3. The van der Waals surface area contributed by atoms with Crippen LogP contribution in [-0.2, 0) is 22.4 Å². The predicted octanol–water partition coefficient (Wildman–Crippen LogP) is 3.30. The van der Waals surface area contributed by atoms with Crippen LogP contribution in [0.25, 0.3) is 10.6 Å². The zero-order valence-electron chi connectivity index (χ0n) is 14.3. The van der Waals surface area contributed by atoms with Crippen molar-refractivity contribution in [2.24, 2.45) is 0 Å². The first-order chi connectivity index (χ1) is 13.0. The number of benzene rings is 2. The van der Waals surface area contributed by atoms with Crippen LogP contribution in [0, 0.1) is 5.82 Å². The number of carboxylic acid groups (broad SMARTS) is 1. The zero-order chi connectivity index (χ0) is 19.2. The fourth-order valence-corrected chi connectivity index (χ4v) is 3.42. The summed E-state index contributed by atoms with van der Waals surface area (Å²) in [5.74, 6) is -1.87. The molecule has 5 nitrogen and oxygen atoms in total. The van der Waals surface area contributed by atoms with E-state index < -0.39 is 17.9 Å². The lowest BCUT2D eigenvalue weighted by Gasteiger charge is -2.14. The van der Waals surface area contributed by atoms with Gasteiger partial charge in [0.05, 0.1) is 12.1 Å². The Kier molecular flexibility index (Phi) is 5.93. The summed E-state index contributed by atoms with van der Waals surface area (Å²) in [5.41, 5.74) is 1.98. The van der Waals surface area contributed by atoms with E-state index >= 15 is 0 Å². The van der Waals surface area contributed by atoms with Crippen LogP contribution < -0.4 is 5.32 Å². The number of halogens is 1. The van der Waals surface area contributed by atoms with Crippen LogP contribution in [0.2, 0.25) is 0 Å². The molecule has 2 aromatic carbocycles. The molecule has 27 heavy (non-hydrogen) atoms. The number of carbonyl (C=O) groups excluding carboxylic acids is 1. The molecule has 0 radical (unpaired) electrons. The normalized spacial score (nSPS) is 11.7. The number of hydrogen-bond donors (Lipinski definition) is 2. The first-order valence-electron chi connectivity index (χ1n) is 8.27. The van der Waals surface area contributed by atoms with Gasteiger partial charge in [0.2, 0.25) is 5.91 Å². The molecule has 0 unspecified atom stereocenters. The minimum Gasteiger partial charge on any atom is -0.480 e. The van der Waals surface area contributed by atoms with Gasteiger partial charge in [-0.3, -0.25) is 4.79 Å². The lowest BCUT2D eigenvalue weighted by atomic mass is 10.1. The van der Waals surface area contributed by atoms with Gasteiger partial charge in [0.1, 0.15) is 16.9 Å². The van der Waals surface area contributed by atoms with E-state index in [4.69, 9.17) is 0 Å². The third-order valence-corrected chi connectivity index (χ3v) is 4.82. The number of amides is 1. The summed E-state index contributed by atoms with van der Waals surface area (Å²) >= 11 is 1.31. The van der Waals surface area contributed by atoms with Crippen molar-refractivity contribution in [3.05, 3.63) is 77.1 Å². The average Bonchev–Trinajstić information content (AvgIpc) is 3.10. The van der Waals surface area contributed by atoms with Crippen LogP contribution in [-0.4, -0.2) is 28.0 Å². The Morgan fingerprint density at radius 2 is 1.93 bits per heavy atom. The lowest BCUT2D eigenvalue weighted by Crippen LogP contribution is -2.43. The fraction of sp³-hybridized carbons (Fsp3) is 0.150. The van der Waals surface area contributed by atoms with Gasteiger partial charge in [0, 0.05) is 17.4 Å². The van der Waals surface area contributed by atoms with Crippen LogP contribution >= 0.6 is 11.3 Å². The standard InChI is InChI=1S/C20H17FN2O3S/c21-15-8-4-7-14(10-15)19-22-16(12-27-19)11-18(24)23-17(20(25)26)9-13-5-2-1-3-6-13/h1-8,10,12,17H,9,11H2,(H,23,24)(H,25,26)/t17-/m1/s1. The number of carboxylic acids is 1. The molecule has 1 aromatic heterocycles. The van der Waals surface area contributed by atoms with Gasteiger partial charge >= 0.3 is 5.97 Å². The summed E-state index contributed by atoms with van der Waals surface area (Å²) in [6, 6.07) is 14.2. The third-order valence-electron chi connectivity index (χ3n) is 3.88. The Morgan fingerprint density at radius 3 is 2.63 bits per heavy atom. The van der Waals surface area contributed by atoms with Gasteiger partial charge in [0.15, 0.2) is 0 Å². The molecule has 1 heterocycles. The van der Waals surface area contributed by atoms with Crippen molar-refractivity contribution in [1.82, 2.24) is 10.3 Å². The Morgan fingerprint density at radius 1 is 1.15 bits per heavy atom. The highest BCUT2D eigenvalue weighted by molar-refractivity contribution is 7.13. The second-order valence-electron chi connectivity index (χ2n) is 5.98. The van der Waals surface area contributed by atoms with Gasteiger partial charge in [-0.25, -0.2) is 14.2 Å². The highest BCUT2D eigenvalue weighted by Gasteiger charge is 2.21. The van der Waals surface area contributed by atoms with Gasteiger partial charge in [-0.2, -0.15) is 0 Å². The van der Waals surface area contributed by atoms with Crippen LogP contribution in [0.4, 0.5) is 4.39 Å². The quantitative estimate of drug-likeness (QED) is 0.655. The molecule has 0 fully saturated rings. The molecular formula is C20H17FN2O3S. The molecule has 0 bridgehead atoms. The largest absolute Gasteiger partial charge is 0.480 e. The van der Waals surface area contributed by atoms with Crippen molar-refractivity contribution in [2.75, 3.05) is 0 Å². The van der Waals surface area contributed by atoms with Gasteiger partial charge in [-0.15, -0.1) is 11.3 Å². The van der Waals surface area contributed by atoms with E-state index in [0.717, 1.165) is 5.56 Å². The van der Waals surface area contributed by atoms with Crippen LogP contribution in [0.15, 0.2) is 60.0 Å². The number of carbonyl (C=O) groups is 2. The summed E-state index contributed by atoms with van der Waals surface area (Å²) < 4.78 is 13.3. The highest BCUT2D eigenvalue weighted by Crippen LogP contribution is 2.24. The van der Waals surface area contributed by atoms with Gasteiger partial charge in [-0.1, -0.05) is 42.5 Å². The molecule has 0 spiro atoms. The monoisotopic (exact) mass is 384 g/mol. The highest BCUT2D eigenvalue weighted by atomic mass is 32.1. The predicted molar refractivity (Wildman–Crippen MR) is 101 cm³/mol. The minimum absolute atomic E-state index is 0.0373. The maximum atomic E-state index is 13.3. The van der Waals surface area contributed by atoms with Gasteiger partial charge in [0.25, 0.3) is 0 Å². The zero-order valence-corrected chi connectivity index (χ0v) is 15.1. The molecule has 0 aliphatic rings. The number of rotatable bonds is 7. The van der Waals surface area contributed by atoms with E-state index in [1.807, 2.05) is 30.3 Å². The Balaban J connectivity index is 1.63. The molecule has 0 aliphatic heterocycles. The molecule has 1 amide bonds. The molecule has 1 atom stereocenters. The van der Waals surface area contributed by atoms with E-state index in [0.29, 0.717) is 16.3 Å². The van der Waals surface area contributed by atoms with Crippen molar-refractivity contribution in [3.8, 4) is 10.6 Å². The SMILES string of the molecule is O=C(Cc1csc(-c2cccc(F)c2)n1)N[C@H](Cc1ccccc1)C(=O)O. The smallest absolute Gasteiger partial charge is 0.326 e. The Labute approximate surface area is 159 Å². The molecule has 7 heteroatoms. The first-order valence-corrected chi connectivity index (χ1v) is 9.15. The molecular weight excluding hydrogens is 367 g/mol. The molecule has 138 valence electrons. The van der Waals surface area contributed by atoms with E-state index in [9.17, 15) is 19.1 Å². The minimum atomic E-state index is -1.09. The van der Waals surface area contributed by atoms with Gasteiger partial charge in [-0.05, 0) is 17.7 Å². The molecule has 2 N–H and O–H groups in total. The molecule has 3 rings (SSSR count). The summed E-state index contributed by atoms with van der Waals surface area (Å²) in [5, 5.41) is 14.2. The number of nitrogens with one attached hydrogen (secondary N) is 1. The van der Waals surface area contributed by atoms with Gasteiger partial charge < -0.3 is 10.4 Å². The van der Waals surface area contributed by atoms with Crippen LogP contribution in [0.1, 0.15) is 11.3 Å². The molecule has 0 saturated heterocycles. The first kappa shape index (κ1) is 18.7. The summed E-state index contributed by atoms with van der Waals surface area (Å²) in [7, 11) is 0. The van der Waals surface area contributed by atoms with Crippen LogP contribution in [0.5, 0.6) is 0 Å². The molecule has 0 aliphatic carbocycles. The number of aliphatic carboxylic acids is 1. The fourth-order valence-electron chi connectivity index (χ4n) is 2.60. The number of thiazole rings is 1. The van der Waals surface area contributed by atoms with E-state index in [1.54, 1.807) is 17.5 Å². The number of aromatic nitrogens is 1. The molecule has 3 aromatic rings. The second-order valence-corrected chi connectivity index (χ2v) is 6.84.